The van der Waals surface area contributed by atoms with Gasteiger partial charge in [0.15, 0.2) is 23.8 Å². The average molecular weight is 663 g/mol. The highest BCUT2D eigenvalue weighted by Gasteiger charge is 2.50. The summed E-state index contributed by atoms with van der Waals surface area (Å²) in [7, 11) is 1.23. The molecule has 0 saturated carbocycles. The summed E-state index contributed by atoms with van der Waals surface area (Å²) < 4.78 is 27.8. The molecule has 0 bridgehead atoms. The number of carbonyl (C=O) groups excluding carboxylic acids is 3. The number of hydrogen-bond donors (Lipinski definition) is 2. The molecule has 2 aromatic rings. The Kier molecular flexibility index (Phi) is 12.0. The summed E-state index contributed by atoms with van der Waals surface area (Å²) in [5, 5.41) is 20.9. The van der Waals surface area contributed by atoms with Crippen LogP contribution in [0.1, 0.15) is 24.0 Å². The van der Waals surface area contributed by atoms with Gasteiger partial charge in [-0.15, -0.1) is 0 Å². The van der Waals surface area contributed by atoms with Crippen molar-refractivity contribution in [3.05, 3.63) is 82.3 Å². The Labute approximate surface area is 258 Å². The molecule has 2 aliphatic heterocycles. The van der Waals surface area contributed by atoms with Crippen molar-refractivity contribution >= 4 is 33.7 Å². The molecule has 11 nitrogen and oxygen atoms in total. The van der Waals surface area contributed by atoms with E-state index in [1.54, 1.807) is 0 Å². The zero-order valence-corrected chi connectivity index (χ0v) is 25.4. The van der Waals surface area contributed by atoms with Crippen LogP contribution in [0, 0.1) is 0 Å². The number of aliphatic hydroxyl groups excluding tert-OH is 1. The summed E-state index contributed by atoms with van der Waals surface area (Å²) in [6.07, 6.45) is -2.57. The Morgan fingerprint density at radius 1 is 1.12 bits per heavy atom. The average Bonchev–Trinajstić information content (AvgIpc) is 3.37. The zero-order valence-electron chi connectivity index (χ0n) is 23.8. The molecule has 5 atom stereocenters. The number of aliphatic hydroxyl groups is 2. The number of halogens is 1. The van der Waals surface area contributed by atoms with E-state index in [4.69, 9.17) is 23.7 Å². The lowest BCUT2D eigenvalue weighted by atomic mass is 9.99. The highest BCUT2D eigenvalue weighted by Crippen LogP contribution is 2.36. The number of ketones is 1. The Morgan fingerprint density at radius 3 is 2.44 bits per heavy atom. The normalized spacial score (nSPS) is 23.5. The van der Waals surface area contributed by atoms with Crippen molar-refractivity contribution < 1.29 is 48.3 Å². The Hall–Kier alpha value is -2.97. The molecular weight excluding hydrogens is 626 g/mol. The van der Waals surface area contributed by atoms with Crippen LogP contribution in [-0.2, 0) is 46.3 Å². The summed E-state index contributed by atoms with van der Waals surface area (Å²) in [4.78, 5) is 40.0. The van der Waals surface area contributed by atoms with Crippen LogP contribution in [0.5, 0.6) is 0 Å². The van der Waals surface area contributed by atoms with Gasteiger partial charge in [0.05, 0.1) is 30.3 Å². The molecule has 4 rings (SSSR count). The Balaban J connectivity index is 1.32. The maximum Gasteiger partial charge on any atom is 0.417 e. The monoisotopic (exact) mass is 661 g/mol. The van der Waals surface area contributed by atoms with Gasteiger partial charge in [-0.05, 0) is 46.0 Å². The topological polar surface area (TPSA) is 141 Å². The molecule has 5 unspecified atom stereocenters. The van der Waals surface area contributed by atoms with Crippen molar-refractivity contribution in [3.8, 4) is 0 Å². The summed E-state index contributed by atoms with van der Waals surface area (Å²) in [5.41, 5.74) is 1.87. The molecular formula is C31H36BrNO10. The SMILES string of the molecule is COC(C(=O)N1C(=O)OCC1Cc1ccccc1)C1OC(O)(CCCOCC(CO)OCc2ccccc2)C(Br)=CC1=O. The van der Waals surface area contributed by atoms with Crippen LogP contribution in [0.15, 0.2) is 71.2 Å². The number of cyclic esters (lactones) is 1. The number of amides is 2. The fourth-order valence-corrected chi connectivity index (χ4v) is 5.38. The predicted molar refractivity (Wildman–Crippen MR) is 157 cm³/mol. The minimum absolute atomic E-state index is 0.000799. The lowest BCUT2D eigenvalue weighted by Crippen LogP contribution is -2.56. The molecule has 0 aliphatic carbocycles. The van der Waals surface area contributed by atoms with E-state index in [1.807, 2.05) is 60.7 Å². The summed E-state index contributed by atoms with van der Waals surface area (Å²) in [5.74, 6) is -3.36. The van der Waals surface area contributed by atoms with Crippen LogP contribution < -0.4 is 0 Å². The lowest BCUT2D eigenvalue weighted by Gasteiger charge is -2.38. The van der Waals surface area contributed by atoms with Crippen LogP contribution in [0.4, 0.5) is 4.79 Å². The number of carbonyl (C=O) groups is 3. The first kappa shape index (κ1) is 32.9. The molecule has 0 spiro atoms. The van der Waals surface area contributed by atoms with Gasteiger partial charge in [-0.25, -0.2) is 9.69 Å². The number of nitrogens with zero attached hydrogens (tertiary/aromatic N) is 1. The van der Waals surface area contributed by atoms with Gasteiger partial charge in [-0.3, -0.25) is 9.59 Å². The second-order valence-corrected chi connectivity index (χ2v) is 11.1. The predicted octanol–water partition coefficient (Wildman–Crippen LogP) is 2.90. The van der Waals surface area contributed by atoms with Gasteiger partial charge < -0.3 is 33.9 Å². The van der Waals surface area contributed by atoms with Crippen LogP contribution in [-0.4, -0.2) is 96.6 Å². The highest BCUT2D eigenvalue weighted by molar-refractivity contribution is 9.11. The van der Waals surface area contributed by atoms with Crippen molar-refractivity contribution in [3.63, 3.8) is 0 Å². The highest BCUT2D eigenvalue weighted by atomic mass is 79.9. The largest absolute Gasteiger partial charge is 0.447 e. The van der Waals surface area contributed by atoms with Gasteiger partial charge in [-0.2, -0.15) is 0 Å². The fourth-order valence-electron chi connectivity index (χ4n) is 4.86. The lowest BCUT2D eigenvalue weighted by molar-refractivity contribution is -0.227. The van der Waals surface area contributed by atoms with E-state index >= 15 is 0 Å². The molecule has 2 N–H and O–H groups in total. The maximum atomic E-state index is 13.6. The second kappa shape index (κ2) is 15.7. The van der Waals surface area contributed by atoms with Crippen molar-refractivity contribution in [2.45, 2.75) is 56.0 Å². The standard InChI is InChI=1S/C31H36BrNO10/c1-39-28(29(36)33-23(19-42-30(33)37)15-21-9-4-2-5-10-21)27-25(35)16-26(32)31(38,43-27)13-8-14-40-20-24(17-34)41-18-22-11-6-3-7-12-22/h2-7,9-12,16,23-24,27-28,34,38H,8,13-15,17-20H2,1H3. The number of methoxy groups -OCH3 is 1. The van der Waals surface area contributed by atoms with Crippen molar-refractivity contribution in [2.24, 2.45) is 0 Å². The minimum atomic E-state index is -1.95. The van der Waals surface area contributed by atoms with E-state index < -0.39 is 47.9 Å². The van der Waals surface area contributed by atoms with Crippen LogP contribution in [0.3, 0.4) is 0 Å². The summed E-state index contributed by atoms with van der Waals surface area (Å²) in [6.45, 7) is 0.443. The quantitative estimate of drug-likeness (QED) is 0.274. The molecule has 2 heterocycles. The molecule has 43 heavy (non-hydrogen) atoms. The molecule has 2 aromatic carbocycles. The first-order valence-corrected chi connectivity index (χ1v) is 14.8. The Bertz CT molecular complexity index is 1260. The van der Waals surface area contributed by atoms with Crippen molar-refractivity contribution in [1.29, 1.82) is 0 Å². The summed E-state index contributed by atoms with van der Waals surface area (Å²) >= 11 is 3.22. The van der Waals surface area contributed by atoms with Crippen LogP contribution in [0.25, 0.3) is 0 Å². The van der Waals surface area contributed by atoms with Crippen LogP contribution >= 0.6 is 15.9 Å². The van der Waals surface area contributed by atoms with Gasteiger partial charge in [-0.1, -0.05) is 60.7 Å². The molecule has 1 saturated heterocycles. The molecule has 1 fully saturated rings. The van der Waals surface area contributed by atoms with Crippen molar-refractivity contribution in [2.75, 3.05) is 33.5 Å². The molecule has 12 heteroatoms. The van der Waals surface area contributed by atoms with E-state index in [2.05, 4.69) is 15.9 Å². The third kappa shape index (κ3) is 8.57. The fraction of sp³-hybridized carbons (Fsp3) is 0.452. The van der Waals surface area contributed by atoms with E-state index in [1.165, 1.54) is 7.11 Å². The van der Waals surface area contributed by atoms with Crippen LogP contribution in [0.2, 0.25) is 0 Å². The second-order valence-electron chi connectivity index (χ2n) is 10.3. The number of hydrogen-bond acceptors (Lipinski definition) is 10. The van der Waals surface area contributed by atoms with E-state index in [9.17, 15) is 24.6 Å². The van der Waals surface area contributed by atoms with Gasteiger partial charge >= 0.3 is 6.09 Å². The first-order valence-electron chi connectivity index (χ1n) is 14.0. The number of ether oxygens (including phenoxy) is 5. The number of rotatable bonds is 15. The van der Waals surface area contributed by atoms with Gasteiger partial charge in [0, 0.05) is 20.1 Å². The van der Waals surface area contributed by atoms with Gasteiger partial charge in [0.2, 0.25) is 0 Å². The molecule has 0 aromatic heterocycles. The Morgan fingerprint density at radius 2 is 1.79 bits per heavy atom. The molecule has 232 valence electrons. The minimum Gasteiger partial charge on any atom is -0.447 e. The third-order valence-corrected chi connectivity index (χ3v) is 8.02. The summed E-state index contributed by atoms with van der Waals surface area (Å²) in [6, 6.07) is 18.3. The van der Waals surface area contributed by atoms with E-state index in [0.717, 1.165) is 22.1 Å². The van der Waals surface area contributed by atoms with Gasteiger partial charge in [0.1, 0.15) is 12.7 Å². The first-order chi connectivity index (χ1) is 20.8. The molecule has 2 amide bonds. The van der Waals surface area contributed by atoms with Crippen molar-refractivity contribution in [1.82, 2.24) is 4.90 Å². The maximum absolute atomic E-state index is 13.6. The smallest absolute Gasteiger partial charge is 0.417 e. The third-order valence-electron chi connectivity index (χ3n) is 7.17. The van der Waals surface area contributed by atoms with E-state index in [0.29, 0.717) is 19.4 Å². The zero-order chi connectivity index (χ0) is 30.8. The number of imide groups is 1. The molecule has 2 aliphatic rings. The van der Waals surface area contributed by atoms with E-state index in [-0.39, 0.29) is 37.3 Å². The van der Waals surface area contributed by atoms with Gasteiger partial charge in [0.25, 0.3) is 5.91 Å². The molecule has 0 radical (unpaired) electrons. The number of benzene rings is 2.